The van der Waals surface area contributed by atoms with Crippen molar-refractivity contribution in [2.75, 3.05) is 0 Å². The molecule has 1 aromatic rings. The van der Waals surface area contributed by atoms with E-state index in [4.69, 9.17) is 5.26 Å². The quantitative estimate of drug-likeness (QED) is 0.415. The van der Waals surface area contributed by atoms with E-state index in [-0.39, 0.29) is 0 Å². The average Bonchev–Trinajstić information content (AvgIpc) is 2.67. The van der Waals surface area contributed by atoms with Crippen LogP contribution in [0.3, 0.4) is 0 Å². The van der Waals surface area contributed by atoms with Crippen LogP contribution in [0.5, 0.6) is 0 Å². The van der Waals surface area contributed by atoms with E-state index in [1.54, 1.807) is 6.08 Å². The van der Waals surface area contributed by atoms with Crippen LogP contribution in [0, 0.1) is 23.2 Å². The Bertz CT molecular complexity index is 532. The van der Waals surface area contributed by atoms with Gasteiger partial charge in [-0.1, -0.05) is 69.6 Å². The number of nitrogens with zero attached hydrogens (tertiary/aromatic N) is 1. The molecule has 1 aromatic carbocycles. The third kappa shape index (κ3) is 7.86. The van der Waals surface area contributed by atoms with Crippen molar-refractivity contribution >= 4 is 0 Å². The predicted octanol–water partition coefficient (Wildman–Crippen LogP) is 7.12. The Labute approximate surface area is 152 Å². The van der Waals surface area contributed by atoms with E-state index in [0.717, 1.165) is 36.7 Å². The predicted molar refractivity (Wildman–Crippen MR) is 103 cm³/mol. The smallest absolute Gasteiger partial charge is 0.0991 e. The molecule has 1 aliphatic rings. The van der Waals surface area contributed by atoms with Gasteiger partial charge in [0.2, 0.25) is 0 Å². The van der Waals surface area contributed by atoms with Crippen molar-refractivity contribution in [3.63, 3.8) is 0 Å². The summed E-state index contributed by atoms with van der Waals surface area (Å²) in [6.45, 7) is 0. The average molecular weight is 342 g/mol. The molecule has 0 heterocycles. The first-order valence-corrected chi connectivity index (χ1v) is 10.1. The van der Waals surface area contributed by atoms with Crippen LogP contribution in [0.15, 0.2) is 36.7 Å². The second-order valence-corrected chi connectivity index (χ2v) is 7.59. The van der Waals surface area contributed by atoms with Gasteiger partial charge in [0.05, 0.1) is 18.0 Å². The van der Waals surface area contributed by atoms with Crippen LogP contribution in [0.2, 0.25) is 0 Å². The molecule has 2 heteroatoms. The summed E-state index contributed by atoms with van der Waals surface area (Å²) in [5, 5.41) is 8.85. The first kappa shape index (κ1) is 19.7. The van der Waals surface area contributed by atoms with Crippen LogP contribution in [0.4, 0.5) is 4.39 Å². The summed E-state index contributed by atoms with van der Waals surface area (Å²) in [4.78, 5) is 0. The minimum absolute atomic E-state index is 0.666. The van der Waals surface area contributed by atoms with Crippen LogP contribution >= 0.6 is 0 Å². The summed E-state index contributed by atoms with van der Waals surface area (Å²) in [7, 11) is 0. The molecule has 0 spiro atoms. The van der Waals surface area contributed by atoms with Crippen LogP contribution in [-0.2, 0) is 6.42 Å². The number of allylic oxidation sites excluding steroid dienone is 1. The van der Waals surface area contributed by atoms with Gasteiger partial charge in [0.15, 0.2) is 0 Å². The van der Waals surface area contributed by atoms with Crippen molar-refractivity contribution < 1.29 is 4.39 Å². The molecular formula is C23H32FN. The van der Waals surface area contributed by atoms with Gasteiger partial charge < -0.3 is 0 Å². The Morgan fingerprint density at radius 1 is 0.920 bits per heavy atom. The standard InChI is InChI=1S/C23H32FN/c24-18-6-4-2-1-3-5-7-20-8-10-21(11-9-20)12-13-22-14-16-23(19-25)17-15-22/h6,14-18,20-21H,1-5,7-13H2/b18-6+/t20-,21-. The lowest BCUT2D eigenvalue weighted by atomic mass is 9.77. The summed E-state index contributed by atoms with van der Waals surface area (Å²) < 4.78 is 11.8. The number of halogens is 1. The molecule has 1 nitrogen and oxygen atoms in total. The maximum absolute atomic E-state index is 11.8. The highest BCUT2D eigenvalue weighted by Gasteiger charge is 2.20. The number of benzene rings is 1. The molecule has 0 saturated heterocycles. The zero-order chi connectivity index (χ0) is 17.7. The molecule has 1 aliphatic carbocycles. The van der Waals surface area contributed by atoms with Crippen molar-refractivity contribution in [2.45, 2.75) is 77.0 Å². The Kier molecular flexibility index (Phi) is 9.34. The van der Waals surface area contributed by atoms with Crippen molar-refractivity contribution in [1.29, 1.82) is 5.26 Å². The molecule has 0 aliphatic heterocycles. The molecule has 0 amide bonds. The molecule has 1 saturated carbocycles. The number of nitriles is 1. The number of hydrogen-bond donors (Lipinski definition) is 0. The first-order chi connectivity index (χ1) is 12.3. The molecule has 0 radical (unpaired) electrons. The Hall–Kier alpha value is -1.62. The van der Waals surface area contributed by atoms with Crippen LogP contribution in [0.25, 0.3) is 0 Å². The summed E-state index contributed by atoms with van der Waals surface area (Å²) in [5.41, 5.74) is 2.12. The van der Waals surface area contributed by atoms with Crippen LogP contribution < -0.4 is 0 Å². The van der Waals surface area contributed by atoms with Gasteiger partial charge in [-0.05, 0) is 55.2 Å². The van der Waals surface area contributed by atoms with Gasteiger partial charge in [-0.15, -0.1) is 0 Å². The maximum atomic E-state index is 11.8. The van der Waals surface area contributed by atoms with Crippen LogP contribution in [0.1, 0.15) is 81.8 Å². The summed E-state index contributed by atoms with van der Waals surface area (Å²) in [5.74, 6) is 1.83. The SMILES string of the molecule is N#Cc1ccc(CC[C@H]2CC[C@H](CCCCCC/C=C/F)CC2)cc1. The maximum Gasteiger partial charge on any atom is 0.0991 e. The van der Waals surface area contributed by atoms with E-state index < -0.39 is 0 Å². The van der Waals surface area contributed by atoms with Gasteiger partial charge >= 0.3 is 0 Å². The minimum atomic E-state index is 0.666. The third-order valence-corrected chi connectivity index (χ3v) is 5.71. The lowest BCUT2D eigenvalue weighted by molar-refractivity contribution is 0.249. The Morgan fingerprint density at radius 2 is 1.56 bits per heavy atom. The topological polar surface area (TPSA) is 23.8 Å². The molecule has 0 atom stereocenters. The second-order valence-electron chi connectivity index (χ2n) is 7.59. The molecule has 0 unspecified atom stereocenters. The highest BCUT2D eigenvalue weighted by molar-refractivity contribution is 5.31. The van der Waals surface area contributed by atoms with E-state index in [1.165, 1.54) is 63.4 Å². The minimum Gasteiger partial charge on any atom is -0.216 e. The first-order valence-electron chi connectivity index (χ1n) is 10.1. The van der Waals surface area contributed by atoms with Gasteiger partial charge in [0.25, 0.3) is 0 Å². The molecule has 0 N–H and O–H groups in total. The fourth-order valence-electron chi connectivity index (χ4n) is 4.04. The molecule has 0 aromatic heterocycles. The van der Waals surface area contributed by atoms with E-state index in [0.29, 0.717) is 6.33 Å². The van der Waals surface area contributed by atoms with Gasteiger partial charge in [-0.25, -0.2) is 4.39 Å². The zero-order valence-corrected chi connectivity index (χ0v) is 15.4. The molecule has 136 valence electrons. The summed E-state index contributed by atoms with van der Waals surface area (Å²) >= 11 is 0. The number of hydrogen-bond acceptors (Lipinski definition) is 1. The van der Waals surface area contributed by atoms with E-state index in [9.17, 15) is 4.39 Å². The highest BCUT2D eigenvalue weighted by Crippen LogP contribution is 2.34. The molecule has 1 fully saturated rings. The fourth-order valence-corrected chi connectivity index (χ4v) is 4.04. The van der Waals surface area contributed by atoms with Gasteiger partial charge in [0.1, 0.15) is 0 Å². The van der Waals surface area contributed by atoms with Gasteiger partial charge in [0, 0.05) is 0 Å². The molecule has 0 bridgehead atoms. The third-order valence-electron chi connectivity index (χ3n) is 5.71. The van der Waals surface area contributed by atoms with E-state index in [2.05, 4.69) is 18.2 Å². The van der Waals surface area contributed by atoms with Crippen molar-refractivity contribution in [1.82, 2.24) is 0 Å². The molecule has 25 heavy (non-hydrogen) atoms. The summed E-state index contributed by atoms with van der Waals surface area (Å²) in [6, 6.07) is 10.3. The number of rotatable bonds is 10. The lowest BCUT2D eigenvalue weighted by Gasteiger charge is -2.28. The monoisotopic (exact) mass is 341 g/mol. The second kappa shape index (κ2) is 11.9. The van der Waals surface area contributed by atoms with Gasteiger partial charge in [-0.2, -0.15) is 5.26 Å². The largest absolute Gasteiger partial charge is 0.216 e. The summed E-state index contributed by atoms with van der Waals surface area (Å²) in [6.07, 6.45) is 17.6. The van der Waals surface area contributed by atoms with Crippen molar-refractivity contribution in [3.05, 3.63) is 47.8 Å². The van der Waals surface area contributed by atoms with Crippen molar-refractivity contribution in [2.24, 2.45) is 11.8 Å². The molecule has 2 rings (SSSR count). The molecular weight excluding hydrogens is 309 g/mol. The lowest BCUT2D eigenvalue weighted by Crippen LogP contribution is -2.15. The highest BCUT2D eigenvalue weighted by atomic mass is 19.1. The van der Waals surface area contributed by atoms with E-state index >= 15 is 0 Å². The van der Waals surface area contributed by atoms with E-state index in [1.807, 2.05) is 12.1 Å². The number of aryl methyl sites for hydroxylation is 1. The Morgan fingerprint density at radius 3 is 2.20 bits per heavy atom. The number of unbranched alkanes of at least 4 members (excludes halogenated alkanes) is 4. The van der Waals surface area contributed by atoms with Gasteiger partial charge in [-0.3, -0.25) is 0 Å². The normalized spacial score (nSPS) is 20.6. The zero-order valence-electron chi connectivity index (χ0n) is 15.4. The van der Waals surface area contributed by atoms with Crippen molar-refractivity contribution in [3.8, 4) is 6.07 Å². The Balaban J connectivity index is 1.53. The fraction of sp³-hybridized carbons (Fsp3) is 0.609. The van der Waals surface area contributed by atoms with Crippen LogP contribution in [-0.4, -0.2) is 0 Å².